The molecule has 0 unspecified atom stereocenters. The third-order valence-corrected chi connectivity index (χ3v) is 4.01. The molecule has 104 valence electrons. The first kappa shape index (κ1) is 13.3. The first-order chi connectivity index (χ1) is 9.66. The number of hydrogen-bond donors (Lipinski definition) is 0. The van der Waals surface area contributed by atoms with Crippen molar-refractivity contribution in [3.05, 3.63) is 71.5 Å². The van der Waals surface area contributed by atoms with E-state index in [0.29, 0.717) is 0 Å². The van der Waals surface area contributed by atoms with E-state index in [2.05, 4.69) is 24.0 Å². The summed E-state index contributed by atoms with van der Waals surface area (Å²) in [6.07, 6.45) is -0.0907. The number of ether oxygens (including phenoxy) is 1. The van der Waals surface area contributed by atoms with E-state index in [-0.39, 0.29) is 24.2 Å². The monoisotopic (exact) mass is 271 g/mol. The van der Waals surface area contributed by atoms with Crippen molar-refractivity contribution < 1.29 is 9.13 Å². The first-order valence-electron chi connectivity index (χ1n) is 6.84. The summed E-state index contributed by atoms with van der Waals surface area (Å²) in [5.41, 5.74) is 2.16. The van der Waals surface area contributed by atoms with Crippen LogP contribution >= 0.6 is 0 Å². The Hall–Kier alpha value is -1.71. The molecule has 0 aromatic heterocycles. The number of likely N-dealkylation sites (N-methyl/N-ethyl adjacent to an activating group) is 1. The summed E-state index contributed by atoms with van der Waals surface area (Å²) < 4.78 is 19.2. The minimum Gasteiger partial charge on any atom is -0.349 e. The van der Waals surface area contributed by atoms with Crippen LogP contribution in [0.15, 0.2) is 54.6 Å². The first-order valence-corrected chi connectivity index (χ1v) is 6.84. The second-order valence-electron chi connectivity index (χ2n) is 5.28. The maximum Gasteiger partial charge on any atom is 0.137 e. The molecule has 2 aromatic carbocycles. The summed E-state index contributed by atoms with van der Waals surface area (Å²) >= 11 is 0. The van der Waals surface area contributed by atoms with Crippen LogP contribution in [0.3, 0.4) is 0 Å². The third kappa shape index (κ3) is 2.35. The Morgan fingerprint density at radius 3 is 2.25 bits per heavy atom. The van der Waals surface area contributed by atoms with Crippen molar-refractivity contribution in [2.24, 2.45) is 0 Å². The quantitative estimate of drug-likeness (QED) is 0.821. The molecule has 1 aliphatic heterocycles. The van der Waals surface area contributed by atoms with Crippen LogP contribution in [-0.4, -0.2) is 18.0 Å². The van der Waals surface area contributed by atoms with Crippen LogP contribution in [0.1, 0.15) is 30.4 Å². The zero-order chi connectivity index (χ0) is 14.1. The lowest BCUT2D eigenvalue weighted by atomic mass is 10.0. The molecule has 3 heteroatoms. The van der Waals surface area contributed by atoms with Gasteiger partial charge in [-0.3, -0.25) is 4.90 Å². The molecule has 0 aliphatic carbocycles. The fraction of sp³-hybridized carbons (Fsp3) is 0.294. The molecule has 1 fully saturated rings. The maximum absolute atomic E-state index is 13.0. The predicted octanol–water partition coefficient (Wildman–Crippen LogP) is 3.92. The van der Waals surface area contributed by atoms with Crippen molar-refractivity contribution in [1.82, 2.24) is 4.90 Å². The molecule has 0 bridgehead atoms. The molecule has 0 radical (unpaired) electrons. The highest BCUT2D eigenvalue weighted by Gasteiger charge is 2.38. The molecular formula is C17H18FNO. The van der Waals surface area contributed by atoms with E-state index >= 15 is 0 Å². The molecule has 1 heterocycles. The highest BCUT2D eigenvalue weighted by atomic mass is 19.1. The van der Waals surface area contributed by atoms with Crippen LogP contribution < -0.4 is 0 Å². The Labute approximate surface area is 118 Å². The fourth-order valence-electron chi connectivity index (χ4n) is 2.72. The van der Waals surface area contributed by atoms with Gasteiger partial charge < -0.3 is 4.74 Å². The van der Waals surface area contributed by atoms with E-state index in [1.807, 2.05) is 25.2 Å². The molecule has 2 aromatic rings. The lowest BCUT2D eigenvalue weighted by Gasteiger charge is -2.21. The van der Waals surface area contributed by atoms with E-state index in [1.165, 1.54) is 17.7 Å². The molecule has 2 nitrogen and oxygen atoms in total. The van der Waals surface area contributed by atoms with Crippen molar-refractivity contribution in [3.63, 3.8) is 0 Å². The highest BCUT2D eigenvalue weighted by Crippen LogP contribution is 2.40. The molecule has 0 spiro atoms. The van der Waals surface area contributed by atoms with E-state index in [0.717, 1.165) is 5.56 Å². The molecule has 0 N–H and O–H groups in total. The molecule has 20 heavy (non-hydrogen) atoms. The topological polar surface area (TPSA) is 12.5 Å². The van der Waals surface area contributed by atoms with Crippen LogP contribution in [0, 0.1) is 5.82 Å². The number of nitrogens with zero attached hydrogens (tertiary/aromatic N) is 1. The van der Waals surface area contributed by atoms with Gasteiger partial charge in [0.2, 0.25) is 0 Å². The summed E-state index contributed by atoms with van der Waals surface area (Å²) in [5.74, 6) is -0.220. The third-order valence-electron chi connectivity index (χ3n) is 4.01. The van der Waals surface area contributed by atoms with Crippen molar-refractivity contribution in [2.45, 2.75) is 25.3 Å². The van der Waals surface area contributed by atoms with Crippen LogP contribution in [0.25, 0.3) is 0 Å². The fourth-order valence-corrected chi connectivity index (χ4v) is 2.72. The second-order valence-corrected chi connectivity index (χ2v) is 5.28. The van der Waals surface area contributed by atoms with E-state index in [1.54, 1.807) is 12.1 Å². The molecule has 1 aliphatic rings. The van der Waals surface area contributed by atoms with E-state index in [4.69, 9.17) is 4.74 Å². The summed E-state index contributed by atoms with van der Waals surface area (Å²) in [6.45, 7) is 2.15. The van der Waals surface area contributed by atoms with Gasteiger partial charge in [-0.1, -0.05) is 42.5 Å². The van der Waals surface area contributed by atoms with Gasteiger partial charge >= 0.3 is 0 Å². The van der Waals surface area contributed by atoms with E-state index < -0.39 is 0 Å². The highest BCUT2D eigenvalue weighted by molar-refractivity contribution is 5.24. The van der Waals surface area contributed by atoms with Crippen molar-refractivity contribution in [2.75, 3.05) is 7.05 Å². The second kappa shape index (κ2) is 5.35. The Bertz CT molecular complexity index is 569. The lowest BCUT2D eigenvalue weighted by molar-refractivity contribution is 0.00556. The molecule has 0 saturated carbocycles. The van der Waals surface area contributed by atoms with Crippen LogP contribution in [-0.2, 0) is 4.74 Å². The Balaban J connectivity index is 1.87. The van der Waals surface area contributed by atoms with Gasteiger partial charge in [0.25, 0.3) is 0 Å². The van der Waals surface area contributed by atoms with Gasteiger partial charge in [-0.15, -0.1) is 0 Å². The normalized spacial score (nSPS) is 26.9. The summed E-state index contributed by atoms with van der Waals surface area (Å²) in [6, 6.07) is 17.0. The van der Waals surface area contributed by atoms with Gasteiger partial charge in [0.15, 0.2) is 0 Å². The zero-order valence-corrected chi connectivity index (χ0v) is 11.7. The summed E-state index contributed by atoms with van der Waals surface area (Å²) in [4.78, 5) is 2.19. The molecule has 1 saturated heterocycles. The van der Waals surface area contributed by atoms with Crippen LogP contribution in [0.4, 0.5) is 4.39 Å². The Morgan fingerprint density at radius 2 is 1.60 bits per heavy atom. The Kier molecular flexibility index (Phi) is 3.55. The average Bonchev–Trinajstić information content (AvgIpc) is 2.77. The molecule has 0 amide bonds. The molecule has 3 rings (SSSR count). The van der Waals surface area contributed by atoms with E-state index in [9.17, 15) is 4.39 Å². The van der Waals surface area contributed by atoms with Crippen molar-refractivity contribution in [3.8, 4) is 0 Å². The van der Waals surface area contributed by atoms with Crippen molar-refractivity contribution in [1.29, 1.82) is 0 Å². The molecular weight excluding hydrogens is 253 g/mol. The average molecular weight is 271 g/mol. The number of rotatable bonds is 2. The lowest BCUT2D eigenvalue weighted by Crippen LogP contribution is -2.27. The van der Waals surface area contributed by atoms with Gasteiger partial charge in [-0.05, 0) is 37.2 Å². The summed E-state index contributed by atoms with van der Waals surface area (Å²) in [7, 11) is 2.04. The van der Waals surface area contributed by atoms with Crippen molar-refractivity contribution >= 4 is 0 Å². The van der Waals surface area contributed by atoms with Crippen LogP contribution in [0.2, 0.25) is 0 Å². The van der Waals surface area contributed by atoms with Gasteiger partial charge in [-0.25, -0.2) is 4.39 Å². The molecule has 3 atom stereocenters. The van der Waals surface area contributed by atoms with Crippen LogP contribution in [0.5, 0.6) is 0 Å². The number of benzene rings is 2. The summed E-state index contributed by atoms with van der Waals surface area (Å²) in [5, 5.41) is 0. The SMILES string of the molecule is C[C@H]1[C@@H](c2ccccc2)O[C@H](c2ccc(F)cc2)N1C. The number of hydrogen-bond acceptors (Lipinski definition) is 2. The predicted molar refractivity (Wildman–Crippen MR) is 76.6 cm³/mol. The van der Waals surface area contributed by atoms with Gasteiger partial charge in [-0.2, -0.15) is 0 Å². The van der Waals surface area contributed by atoms with Gasteiger partial charge in [0, 0.05) is 6.04 Å². The van der Waals surface area contributed by atoms with Gasteiger partial charge in [0.05, 0.1) is 0 Å². The standard InChI is InChI=1S/C17H18FNO/c1-12-16(13-6-4-3-5-7-13)20-17(19(12)2)14-8-10-15(18)11-9-14/h3-12,16-17H,1-2H3/t12-,16-,17+/m0/s1. The maximum atomic E-state index is 13.0. The Morgan fingerprint density at radius 1 is 0.950 bits per heavy atom. The largest absolute Gasteiger partial charge is 0.349 e. The smallest absolute Gasteiger partial charge is 0.137 e. The number of halogens is 1. The van der Waals surface area contributed by atoms with Gasteiger partial charge in [0.1, 0.15) is 18.1 Å². The minimum atomic E-state index is -0.220. The minimum absolute atomic E-state index is 0.0382. The zero-order valence-electron chi connectivity index (χ0n) is 11.7.